The van der Waals surface area contributed by atoms with E-state index in [9.17, 15) is 8.78 Å². The maximum Gasteiger partial charge on any atom is 0.127 e. The van der Waals surface area contributed by atoms with E-state index in [1.165, 1.54) is 12.1 Å². The van der Waals surface area contributed by atoms with Crippen LogP contribution in [0.2, 0.25) is 0 Å². The van der Waals surface area contributed by atoms with E-state index in [0.717, 1.165) is 0 Å². The third-order valence-electron chi connectivity index (χ3n) is 3.09. The van der Waals surface area contributed by atoms with E-state index in [4.69, 9.17) is 0 Å². The fraction of sp³-hybridized carbons (Fsp3) is 0.200. The van der Waals surface area contributed by atoms with Crippen LogP contribution in [0.3, 0.4) is 0 Å². The molecule has 0 atom stereocenters. The first-order valence-electron chi connectivity index (χ1n) is 5.53. The Kier molecular flexibility index (Phi) is 2.97. The molecule has 0 spiro atoms. The van der Waals surface area contributed by atoms with Crippen molar-refractivity contribution >= 4 is 0 Å². The van der Waals surface area contributed by atoms with E-state index in [-0.39, 0.29) is 11.6 Å². The molecule has 0 radical (unpaired) electrons. The van der Waals surface area contributed by atoms with Crippen molar-refractivity contribution in [2.45, 2.75) is 19.3 Å². The molecule has 0 heterocycles. The van der Waals surface area contributed by atoms with Crippen molar-refractivity contribution in [1.29, 1.82) is 0 Å². The van der Waals surface area contributed by atoms with Gasteiger partial charge in [-0.3, -0.25) is 0 Å². The Hall–Kier alpha value is -1.70. The van der Waals surface area contributed by atoms with E-state index in [1.807, 2.05) is 13.8 Å². The summed E-state index contributed by atoms with van der Waals surface area (Å²) in [6.45, 7) is 3.65. The van der Waals surface area contributed by atoms with Crippen molar-refractivity contribution in [3.8, 4) is 0 Å². The van der Waals surface area contributed by atoms with Crippen LogP contribution < -0.4 is 0 Å². The Labute approximate surface area is 99.9 Å². The predicted molar refractivity (Wildman–Crippen MR) is 64.9 cm³/mol. The van der Waals surface area contributed by atoms with E-state index in [0.29, 0.717) is 11.1 Å². The van der Waals surface area contributed by atoms with Crippen LogP contribution in [0, 0.1) is 11.6 Å². The first kappa shape index (κ1) is 11.8. The van der Waals surface area contributed by atoms with Gasteiger partial charge in [0.15, 0.2) is 0 Å². The Morgan fingerprint density at radius 2 is 1.06 bits per heavy atom. The summed E-state index contributed by atoms with van der Waals surface area (Å²) in [6, 6.07) is 13.0. The molecule has 0 saturated carbocycles. The molecule has 0 aliphatic heterocycles. The SMILES string of the molecule is CC(C)(c1ccccc1F)c1ccccc1F. The van der Waals surface area contributed by atoms with Crippen LogP contribution in [0.15, 0.2) is 48.5 Å². The van der Waals surface area contributed by atoms with Crippen molar-refractivity contribution in [2.24, 2.45) is 0 Å². The van der Waals surface area contributed by atoms with Gasteiger partial charge in [0.25, 0.3) is 0 Å². The maximum atomic E-state index is 13.8. The molecule has 88 valence electrons. The molecular formula is C15H14F2. The van der Waals surface area contributed by atoms with Gasteiger partial charge in [-0.2, -0.15) is 0 Å². The third kappa shape index (κ3) is 2.07. The molecule has 0 aromatic heterocycles. The highest BCUT2D eigenvalue weighted by molar-refractivity contribution is 5.38. The summed E-state index contributed by atoms with van der Waals surface area (Å²) in [5, 5.41) is 0. The number of benzene rings is 2. The molecular weight excluding hydrogens is 218 g/mol. The molecule has 0 bridgehead atoms. The average Bonchev–Trinajstić information content (AvgIpc) is 2.29. The monoisotopic (exact) mass is 232 g/mol. The number of hydrogen-bond donors (Lipinski definition) is 0. The summed E-state index contributed by atoms with van der Waals surface area (Å²) in [5.41, 5.74) is 0.326. The van der Waals surface area contributed by atoms with Crippen LogP contribution >= 0.6 is 0 Å². The van der Waals surface area contributed by atoms with Crippen molar-refractivity contribution < 1.29 is 8.78 Å². The molecule has 0 nitrogen and oxygen atoms in total. The van der Waals surface area contributed by atoms with Gasteiger partial charge in [0, 0.05) is 5.41 Å². The zero-order chi connectivity index (χ0) is 12.5. The average molecular weight is 232 g/mol. The Bertz CT molecular complexity index is 482. The van der Waals surface area contributed by atoms with Gasteiger partial charge in [-0.05, 0) is 23.3 Å². The van der Waals surface area contributed by atoms with Gasteiger partial charge in [-0.15, -0.1) is 0 Å². The van der Waals surface area contributed by atoms with Gasteiger partial charge >= 0.3 is 0 Å². The van der Waals surface area contributed by atoms with Crippen LogP contribution in [0.25, 0.3) is 0 Å². The highest BCUT2D eigenvalue weighted by Gasteiger charge is 2.28. The van der Waals surface area contributed by atoms with Crippen LogP contribution in [0.1, 0.15) is 25.0 Å². The first-order chi connectivity index (χ1) is 8.03. The van der Waals surface area contributed by atoms with E-state index in [2.05, 4.69) is 0 Å². The highest BCUT2D eigenvalue weighted by atomic mass is 19.1. The second-order valence-electron chi connectivity index (χ2n) is 4.58. The summed E-state index contributed by atoms with van der Waals surface area (Å²) >= 11 is 0. The lowest BCUT2D eigenvalue weighted by Gasteiger charge is -2.26. The molecule has 2 heteroatoms. The van der Waals surface area contributed by atoms with Crippen LogP contribution in [0.4, 0.5) is 8.78 Å². The Balaban J connectivity index is 2.58. The molecule has 0 aliphatic rings. The zero-order valence-corrected chi connectivity index (χ0v) is 9.87. The van der Waals surface area contributed by atoms with Crippen LogP contribution in [0.5, 0.6) is 0 Å². The summed E-state index contributed by atoms with van der Waals surface area (Å²) in [6.07, 6.45) is 0. The topological polar surface area (TPSA) is 0 Å². The van der Waals surface area contributed by atoms with Crippen LogP contribution in [-0.4, -0.2) is 0 Å². The second kappa shape index (κ2) is 4.28. The molecule has 0 unspecified atom stereocenters. The van der Waals surface area contributed by atoms with Gasteiger partial charge in [0.05, 0.1) is 0 Å². The predicted octanol–water partition coefficient (Wildman–Crippen LogP) is 4.29. The largest absolute Gasteiger partial charge is 0.207 e. The lowest BCUT2D eigenvalue weighted by Crippen LogP contribution is -2.22. The fourth-order valence-electron chi connectivity index (χ4n) is 2.08. The molecule has 0 aliphatic carbocycles. The molecule has 0 N–H and O–H groups in total. The van der Waals surface area contributed by atoms with Gasteiger partial charge < -0.3 is 0 Å². The minimum absolute atomic E-state index is 0.305. The molecule has 0 amide bonds. The van der Waals surface area contributed by atoms with E-state index >= 15 is 0 Å². The van der Waals surface area contributed by atoms with Crippen molar-refractivity contribution in [3.63, 3.8) is 0 Å². The number of hydrogen-bond acceptors (Lipinski definition) is 0. The van der Waals surface area contributed by atoms with Crippen molar-refractivity contribution in [2.75, 3.05) is 0 Å². The van der Waals surface area contributed by atoms with E-state index < -0.39 is 5.41 Å². The number of rotatable bonds is 2. The maximum absolute atomic E-state index is 13.8. The Morgan fingerprint density at radius 1 is 0.706 bits per heavy atom. The van der Waals surface area contributed by atoms with Gasteiger partial charge in [-0.1, -0.05) is 50.2 Å². The minimum Gasteiger partial charge on any atom is -0.207 e. The normalized spacial score (nSPS) is 11.5. The van der Waals surface area contributed by atoms with Crippen molar-refractivity contribution in [1.82, 2.24) is 0 Å². The smallest absolute Gasteiger partial charge is 0.127 e. The molecule has 17 heavy (non-hydrogen) atoms. The molecule has 2 rings (SSSR count). The standard InChI is InChI=1S/C15H14F2/c1-15(2,11-7-3-5-9-13(11)16)12-8-4-6-10-14(12)17/h3-10H,1-2H3. The molecule has 0 saturated heterocycles. The highest BCUT2D eigenvalue weighted by Crippen LogP contribution is 2.34. The van der Waals surface area contributed by atoms with Gasteiger partial charge in [0.2, 0.25) is 0 Å². The Morgan fingerprint density at radius 3 is 1.41 bits per heavy atom. The van der Waals surface area contributed by atoms with E-state index in [1.54, 1.807) is 36.4 Å². The summed E-state index contributed by atoms with van der Waals surface area (Å²) < 4.78 is 27.6. The minimum atomic E-state index is -0.684. The van der Waals surface area contributed by atoms with Gasteiger partial charge in [-0.25, -0.2) is 8.78 Å². The lowest BCUT2D eigenvalue weighted by atomic mass is 9.77. The lowest BCUT2D eigenvalue weighted by molar-refractivity contribution is 0.515. The van der Waals surface area contributed by atoms with Crippen LogP contribution in [-0.2, 0) is 5.41 Å². The third-order valence-corrected chi connectivity index (χ3v) is 3.09. The quantitative estimate of drug-likeness (QED) is 0.724. The zero-order valence-electron chi connectivity index (χ0n) is 9.87. The fourth-order valence-corrected chi connectivity index (χ4v) is 2.08. The second-order valence-corrected chi connectivity index (χ2v) is 4.58. The molecule has 0 fully saturated rings. The first-order valence-corrected chi connectivity index (χ1v) is 5.53. The van der Waals surface area contributed by atoms with Gasteiger partial charge in [0.1, 0.15) is 11.6 Å². The summed E-state index contributed by atoms with van der Waals surface area (Å²) in [4.78, 5) is 0. The van der Waals surface area contributed by atoms with Crippen molar-refractivity contribution in [3.05, 3.63) is 71.3 Å². The molecule has 2 aromatic rings. The summed E-state index contributed by atoms with van der Waals surface area (Å²) in [5.74, 6) is -0.610. The summed E-state index contributed by atoms with van der Waals surface area (Å²) in [7, 11) is 0. The molecule has 2 aromatic carbocycles. The number of halogens is 2.